The number of guanidine groups is 1. The van der Waals surface area contributed by atoms with Crippen molar-refractivity contribution in [1.29, 1.82) is 0 Å². The quantitative estimate of drug-likeness (QED) is 0.582. The number of hydrogen-bond acceptors (Lipinski definition) is 4. The van der Waals surface area contributed by atoms with E-state index in [4.69, 9.17) is 0 Å². The smallest absolute Gasteiger partial charge is 0.219 e. The molecule has 2 rings (SSSR count). The maximum atomic E-state index is 12.7. The maximum absolute atomic E-state index is 12.7. The predicted molar refractivity (Wildman–Crippen MR) is 108 cm³/mol. The van der Waals surface area contributed by atoms with Crippen LogP contribution in [0.2, 0.25) is 0 Å². The number of piperazine rings is 1. The highest BCUT2D eigenvalue weighted by Gasteiger charge is 2.25. The molecule has 150 valence electrons. The lowest BCUT2D eigenvalue weighted by molar-refractivity contribution is -0.130. The monoisotopic (exact) mass is 394 g/mol. The summed E-state index contributed by atoms with van der Waals surface area (Å²) in [7, 11) is -3.37. The van der Waals surface area contributed by atoms with Gasteiger partial charge in [0.15, 0.2) is 15.8 Å². The van der Waals surface area contributed by atoms with E-state index in [9.17, 15) is 13.2 Å². The number of aliphatic imine (C=N–C) groups is 1. The molecule has 1 aliphatic heterocycles. The largest absolute Gasteiger partial charge is 0.352 e. The zero-order valence-electron chi connectivity index (χ0n) is 16.4. The van der Waals surface area contributed by atoms with E-state index < -0.39 is 9.84 Å². The Balaban J connectivity index is 2.06. The van der Waals surface area contributed by atoms with Crippen molar-refractivity contribution < 1.29 is 13.2 Å². The minimum Gasteiger partial charge on any atom is -0.352 e. The van der Waals surface area contributed by atoms with Gasteiger partial charge >= 0.3 is 0 Å². The van der Waals surface area contributed by atoms with Gasteiger partial charge in [0, 0.05) is 45.7 Å². The van der Waals surface area contributed by atoms with E-state index in [2.05, 4.69) is 15.2 Å². The zero-order valence-corrected chi connectivity index (χ0v) is 17.2. The van der Waals surface area contributed by atoms with Gasteiger partial charge in [-0.15, -0.1) is 0 Å². The average Bonchev–Trinajstić information content (AvgIpc) is 2.67. The topological polar surface area (TPSA) is 82.1 Å². The first kappa shape index (κ1) is 21.2. The molecule has 0 radical (unpaired) electrons. The van der Waals surface area contributed by atoms with Crippen LogP contribution in [0.15, 0.2) is 40.2 Å². The molecular formula is C19H30N4O3S. The fourth-order valence-corrected chi connectivity index (χ4v) is 4.67. The van der Waals surface area contributed by atoms with E-state index in [1.165, 1.54) is 0 Å². The summed E-state index contributed by atoms with van der Waals surface area (Å²) in [5, 5.41) is 3.34. The van der Waals surface area contributed by atoms with Crippen LogP contribution < -0.4 is 5.32 Å². The molecule has 1 aromatic rings. The molecule has 0 saturated carbocycles. The number of carbonyl (C=O) groups excluding carboxylic acids is 1. The Bertz CT molecular complexity index is 741. The second kappa shape index (κ2) is 9.73. The van der Waals surface area contributed by atoms with Crippen LogP contribution in [0.1, 0.15) is 27.2 Å². The van der Waals surface area contributed by atoms with Crippen LogP contribution in [0.5, 0.6) is 0 Å². The fraction of sp³-hybridized carbons (Fsp3) is 0.579. The van der Waals surface area contributed by atoms with E-state index >= 15 is 0 Å². The van der Waals surface area contributed by atoms with E-state index in [0.29, 0.717) is 44.0 Å². The lowest BCUT2D eigenvalue weighted by atomic mass is 10.2. The maximum Gasteiger partial charge on any atom is 0.219 e. The second-order valence-electron chi connectivity index (χ2n) is 6.64. The lowest BCUT2D eigenvalue weighted by Gasteiger charge is -2.37. The van der Waals surface area contributed by atoms with Gasteiger partial charge in [0.25, 0.3) is 0 Å². The summed E-state index contributed by atoms with van der Waals surface area (Å²) in [5.41, 5.74) is 0. The van der Waals surface area contributed by atoms with Gasteiger partial charge < -0.3 is 15.1 Å². The summed E-state index contributed by atoms with van der Waals surface area (Å²) < 4.78 is 25.4. The molecule has 1 atom stereocenters. The Morgan fingerprint density at radius 3 is 2.22 bits per heavy atom. The number of hydrogen-bond donors (Lipinski definition) is 1. The number of benzene rings is 1. The number of carbonyl (C=O) groups is 1. The Morgan fingerprint density at radius 1 is 1.11 bits per heavy atom. The molecule has 8 heteroatoms. The van der Waals surface area contributed by atoms with Crippen molar-refractivity contribution in [2.75, 3.05) is 38.5 Å². The molecule has 1 aromatic carbocycles. The molecule has 0 aromatic heterocycles. The van der Waals surface area contributed by atoms with Gasteiger partial charge in [0.05, 0.1) is 10.6 Å². The van der Waals surface area contributed by atoms with Gasteiger partial charge in [-0.25, -0.2) is 8.42 Å². The summed E-state index contributed by atoms with van der Waals surface area (Å²) in [6, 6.07) is 8.31. The molecule has 7 nitrogen and oxygen atoms in total. The Labute approximate surface area is 162 Å². The van der Waals surface area contributed by atoms with Crippen LogP contribution >= 0.6 is 0 Å². The summed E-state index contributed by atoms with van der Waals surface area (Å²) in [6.07, 6.45) is 0.669. The van der Waals surface area contributed by atoms with Gasteiger partial charge in [-0.3, -0.25) is 9.79 Å². The minimum absolute atomic E-state index is 0.0175. The van der Waals surface area contributed by atoms with Crippen molar-refractivity contribution in [2.45, 2.75) is 38.1 Å². The highest BCUT2D eigenvalue weighted by molar-refractivity contribution is 7.91. The average molecular weight is 395 g/mol. The molecule has 0 aliphatic carbocycles. The van der Waals surface area contributed by atoms with Crippen LogP contribution in [0.4, 0.5) is 0 Å². The van der Waals surface area contributed by atoms with Crippen molar-refractivity contribution in [1.82, 2.24) is 15.1 Å². The Hall–Kier alpha value is -2.09. The molecule has 1 amide bonds. The lowest BCUT2D eigenvalue weighted by Crippen LogP contribution is -2.55. The molecule has 1 heterocycles. The number of nitrogens with zero attached hydrogens (tertiary/aromatic N) is 3. The first-order valence-corrected chi connectivity index (χ1v) is 11.1. The third kappa shape index (κ3) is 5.95. The van der Waals surface area contributed by atoms with Crippen molar-refractivity contribution in [3.8, 4) is 0 Å². The second-order valence-corrected chi connectivity index (χ2v) is 8.67. The molecule has 1 N–H and O–H groups in total. The van der Waals surface area contributed by atoms with Crippen LogP contribution in [-0.2, 0) is 14.6 Å². The highest BCUT2D eigenvalue weighted by Crippen LogP contribution is 2.13. The number of nitrogens with one attached hydrogen (secondary N) is 1. The van der Waals surface area contributed by atoms with Crippen molar-refractivity contribution >= 4 is 21.7 Å². The number of amides is 1. The minimum atomic E-state index is -3.37. The van der Waals surface area contributed by atoms with E-state index in [1.54, 1.807) is 37.3 Å². The van der Waals surface area contributed by atoms with E-state index in [0.717, 1.165) is 5.96 Å². The van der Waals surface area contributed by atoms with Crippen LogP contribution in [-0.4, -0.2) is 74.6 Å². The van der Waals surface area contributed by atoms with E-state index in [1.807, 2.05) is 18.7 Å². The molecule has 1 saturated heterocycles. The van der Waals surface area contributed by atoms with Crippen molar-refractivity contribution in [3.05, 3.63) is 30.3 Å². The molecule has 1 unspecified atom stereocenters. The molecular weight excluding hydrogens is 364 g/mol. The van der Waals surface area contributed by atoms with Crippen LogP contribution in [0.25, 0.3) is 0 Å². The third-order valence-electron chi connectivity index (χ3n) is 4.68. The van der Waals surface area contributed by atoms with Crippen molar-refractivity contribution in [3.63, 3.8) is 0 Å². The Morgan fingerprint density at radius 2 is 1.70 bits per heavy atom. The first-order valence-electron chi connectivity index (χ1n) is 9.46. The SMILES string of the molecule is CCN=C(NC(CC)CS(=O)(=O)c1ccccc1)N1CCN(C(C)=O)CC1. The molecule has 1 aliphatic rings. The fourth-order valence-electron chi connectivity index (χ4n) is 3.05. The Kier molecular flexibility index (Phi) is 7.65. The van der Waals surface area contributed by atoms with E-state index in [-0.39, 0.29) is 17.7 Å². The standard InChI is InChI=1S/C19H30N4O3S/c1-4-17(15-27(25,26)18-9-7-6-8-10-18)21-19(20-5-2)23-13-11-22(12-14-23)16(3)24/h6-10,17H,4-5,11-15H2,1-3H3,(H,20,21). The molecule has 27 heavy (non-hydrogen) atoms. The summed E-state index contributed by atoms with van der Waals surface area (Å²) in [5.74, 6) is 0.816. The van der Waals surface area contributed by atoms with Gasteiger partial charge in [0.1, 0.15) is 0 Å². The highest BCUT2D eigenvalue weighted by atomic mass is 32.2. The predicted octanol–water partition coefficient (Wildman–Crippen LogP) is 1.37. The third-order valence-corrected chi connectivity index (χ3v) is 6.51. The van der Waals surface area contributed by atoms with Gasteiger partial charge in [-0.1, -0.05) is 25.1 Å². The number of sulfone groups is 1. The molecule has 1 fully saturated rings. The summed E-state index contributed by atoms with van der Waals surface area (Å²) in [4.78, 5) is 20.3. The number of rotatable bonds is 6. The van der Waals surface area contributed by atoms with Gasteiger partial charge in [-0.2, -0.15) is 0 Å². The molecule has 0 bridgehead atoms. The molecule has 0 spiro atoms. The van der Waals surface area contributed by atoms with Crippen LogP contribution in [0, 0.1) is 0 Å². The van der Waals surface area contributed by atoms with Crippen molar-refractivity contribution in [2.24, 2.45) is 4.99 Å². The van der Waals surface area contributed by atoms with Gasteiger partial charge in [-0.05, 0) is 25.5 Å². The summed E-state index contributed by atoms with van der Waals surface area (Å²) >= 11 is 0. The zero-order chi connectivity index (χ0) is 19.9. The van der Waals surface area contributed by atoms with Crippen LogP contribution in [0.3, 0.4) is 0 Å². The normalized spacial score (nSPS) is 16.9. The summed E-state index contributed by atoms with van der Waals surface area (Å²) in [6.45, 7) is 8.79. The van der Waals surface area contributed by atoms with Gasteiger partial charge in [0.2, 0.25) is 5.91 Å². The first-order chi connectivity index (χ1) is 12.9.